The third kappa shape index (κ3) is 3.79. The molecule has 0 bridgehead atoms. The van der Waals surface area contributed by atoms with Crippen LogP contribution in [-0.2, 0) is 0 Å². The third-order valence-corrected chi connectivity index (χ3v) is 3.81. The molecule has 1 N–H and O–H groups in total. The molecule has 0 spiro atoms. The lowest BCUT2D eigenvalue weighted by molar-refractivity contribution is 0.230. The van der Waals surface area contributed by atoms with Crippen molar-refractivity contribution in [1.82, 2.24) is 20.1 Å². The smallest absolute Gasteiger partial charge is 0.208 e. The maximum Gasteiger partial charge on any atom is 0.208 e. The van der Waals surface area contributed by atoms with Crippen molar-refractivity contribution in [2.45, 2.75) is 37.8 Å². The van der Waals surface area contributed by atoms with E-state index in [2.05, 4.69) is 20.1 Å². The summed E-state index contributed by atoms with van der Waals surface area (Å²) in [7, 11) is 0. The summed E-state index contributed by atoms with van der Waals surface area (Å²) in [5, 5.41) is 7.87. The quantitative estimate of drug-likeness (QED) is 0.632. The predicted molar refractivity (Wildman–Crippen MR) is 66.8 cm³/mol. The fourth-order valence-corrected chi connectivity index (χ4v) is 2.79. The van der Waals surface area contributed by atoms with Gasteiger partial charge < -0.3 is 4.90 Å². The van der Waals surface area contributed by atoms with Crippen LogP contribution in [0.3, 0.4) is 0 Å². The van der Waals surface area contributed by atoms with Crippen molar-refractivity contribution in [3.63, 3.8) is 0 Å². The SMILES string of the molecule is Cc1nc(SCCCN2CCCCC2)n[nH]1. The van der Waals surface area contributed by atoms with E-state index in [1.54, 1.807) is 11.8 Å². The Morgan fingerprint density at radius 3 is 2.81 bits per heavy atom. The molecule has 5 heteroatoms. The highest BCUT2D eigenvalue weighted by Gasteiger charge is 2.09. The molecule has 1 aliphatic heterocycles. The Hall–Kier alpha value is -0.550. The molecule has 0 aromatic carbocycles. The number of thioether (sulfide) groups is 1. The Kier molecular flexibility index (Phi) is 4.66. The van der Waals surface area contributed by atoms with Crippen molar-refractivity contribution in [2.24, 2.45) is 0 Å². The van der Waals surface area contributed by atoms with Gasteiger partial charge >= 0.3 is 0 Å². The average Bonchev–Trinajstić information content (AvgIpc) is 2.72. The van der Waals surface area contributed by atoms with E-state index in [-0.39, 0.29) is 0 Å². The summed E-state index contributed by atoms with van der Waals surface area (Å²) < 4.78 is 0. The molecule has 16 heavy (non-hydrogen) atoms. The molecule has 0 unspecified atom stereocenters. The van der Waals surface area contributed by atoms with Crippen LogP contribution in [0.1, 0.15) is 31.5 Å². The number of aromatic amines is 1. The molecule has 0 aliphatic carbocycles. The normalized spacial score (nSPS) is 17.8. The summed E-state index contributed by atoms with van der Waals surface area (Å²) in [6, 6.07) is 0. The number of hydrogen-bond acceptors (Lipinski definition) is 4. The van der Waals surface area contributed by atoms with Crippen molar-refractivity contribution >= 4 is 11.8 Å². The van der Waals surface area contributed by atoms with Crippen LogP contribution < -0.4 is 0 Å². The highest BCUT2D eigenvalue weighted by Crippen LogP contribution is 2.14. The van der Waals surface area contributed by atoms with E-state index in [0.29, 0.717) is 0 Å². The molecule has 0 radical (unpaired) electrons. The Labute approximate surface area is 101 Å². The van der Waals surface area contributed by atoms with Crippen LogP contribution in [0.5, 0.6) is 0 Å². The molecular formula is C11H20N4S. The number of piperidine rings is 1. The van der Waals surface area contributed by atoms with Gasteiger partial charge in [-0.3, -0.25) is 5.10 Å². The Balaban J connectivity index is 1.57. The van der Waals surface area contributed by atoms with E-state index in [9.17, 15) is 0 Å². The van der Waals surface area contributed by atoms with Gasteiger partial charge in [-0.1, -0.05) is 18.2 Å². The fraction of sp³-hybridized carbons (Fsp3) is 0.818. The summed E-state index contributed by atoms with van der Waals surface area (Å²) >= 11 is 1.75. The van der Waals surface area contributed by atoms with Gasteiger partial charge in [0.1, 0.15) is 5.82 Å². The maximum absolute atomic E-state index is 4.28. The molecule has 2 rings (SSSR count). The van der Waals surface area contributed by atoms with Crippen LogP contribution in [0.4, 0.5) is 0 Å². The molecule has 0 saturated carbocycles. The molecule has 1 fully saturated rings. The zero-order valence-electron chi connectivity index (χ0n) is 9.91. The van der Waals surface area contributed by atoms with Crippen LogP contribution in [0.15, 0.2) is 5.16 Å². The zero-order chi connectivity index (χ0) is 11.2. The molecule has 1 aliphatic rings. The summed E-state index contributed by atoms with van der Waals surface area (Å²) in [6.45, 7) is 5.76. The van der Waals surface area contributed by atoms with Crippen molar-refractivity contribution in [3.05, 3.63) is 5.82 Å². The molecule has 90 valence electrons. The van der Waals surface area contributed by atoms with Gasteiger partial charge in [0.15, 0.2) is 0 Å². The maximum atomic E-state index is 4.28. The minimum Gasteiger partial charge on any atom is -0.303 e. The van der Waals surface area contributed by atoms with Gasteiger partial charge in [-0.25, -0.2) is 4.98 Å². The molecule has 0 atom stereocenters. The van der Waals surface area contributed by atoms with Crippen molar-refractivity contribution in [3.8, 4) is 0 Å². The first-order valence-corrected chi connectivity index (χ1v) is 7.07. The lowest BCUT2D eigenvalue weighted by atomic mass is 10.1. The molecule has 1 saturated heterocycles. The van der Waals surface area contributed by atoms with E-state index in [4.69, 9.17) is 0 Å². The van der Waals surface area contributed by atoms with E-state index in [1.807, 2.05) is 6.92 Å². The molecule has 2 heterocycles. The van der Waals surface area contributed by atoms with Gasteiger partial charge in [0.25, 0.3) is 0 Å². The lowest BCUT2D eigenvalue weighted by Gasteiger charge is -2.26. The summed E-state index contributed by atoms with van der Waals surface area (Å²) in [6.07, 6.45) is 5.42. The number of rotatable bonds is 5. The van der Waals surface area contributed by atoms with Gasteiger partial charge in [0, 0.05) is 5.75 Å². The van der Waals surface area contributed by atoms with E-state index >= 15 is 0 Å². The minimum absolute atomic E-state index is 0.885. The Bertz CT molecular complexity index is 307. The number of nitrogens with zero attached hydrogens (tertiary/aromatic N) is 3. The standard InChI is InChI=1S/C11H20N4S/c1-10-12-11(14-13-10)16-9-5-8-15-6-3-2-4-7-15/h2-9H2,1H3,(H,12,13,14). The second-order valence-electron chi connectivity index (χ2n) is 4.31. The van der Waals surface area contributed by atoms with Crippen molar-refractivity contribution in [2.75, 3.05) is 25.4 Å². The first-order valence-electron chi connectivity index (χ1n) is 6.09. The number of hydrogen-bond donors (Lipinski definition) is 1. The molecule has 4 nitrogen and oxygen atoms in total. The molecule has 1 aromatic rings. The molecule has 1 aromatic heterocycles. The van der Waals surface area contributed by atoms with Gasteiger partial charge in [0.05, 0.1) is 0 Å². The number of aromatic nitrogens is 3. The van der Waals surface area contributed by atoms with Crippen LogP contribution in [0.2, 0.25) is 0 Å². The average molecular weight is 240 g/mol. The largest absolute Gasteiger partial charge is 0.303 e. The third-order valence-electron chi connectivity index (χ3n) is 2.88. The minimum atomic E-state index is 0.885. The summed E-state index contributed by atoms with van der Waals surface area (Å²) in [5.74, 6) is 2.02. The first kappa shape index (κ1) is 11.9. The summed E-state index contributed by atoms with van der Waals surface area (Å²) in [4.78, 5) is 6.85. The van der Waals surface area contributed by atoms with Crippen LogP contribution in [-0.4, -0.2) is 45.5 Å². The topological polar surface area (TPSA) is 44.8 Å². The lowest BCUT2D eigenvalue weighted by Crippen LogP contribution is -2.30. The van der Waals surface area contributed by atoms with Crippen LogP contribution >= 0.6 is 11.8 Å². The second-order valence-corrected chi connectivity index (χ2v) is 5.37. The number of aryl methyl sites for hydroxylation is 1. The monoisotopic (exact) mass is 240 g/mol. The number of H-pyrrole nitrogens is 1. The van der Waals surface area contributed by atoms with E-state index in [1.165, 1.54) is 45.3 Å². The molecule has 0 amide bonds. The number of nitrogens with one attached hydrogen (secondary N) is 1. The van der Waals surface area contributed by atoms with Crippen LogP contribution in [0, 0.1) is 6.92 Å². The Morgan fingerprint density at radius 1 is 1.31 bits per heavy atom. The second kappa shape index (κ2) is 6.25. The van der Waals surface area contributed by atoms with E-state index < -0.39 is 0 Å². The van der Waals surface area contributed by atoms with E-state index in [0.717, 1.165) is 16.7 Å². The fourth-order valence-electron chi connectivity index (χ4n) is 2.02. The highest BCUT2D eigenvalue weighted by atomic mass is 32.2. The van der Waals surface area contributed by atoms with Crippen molar-refractivity contribution < 1.29 is 0 Å². The highest BCUT2D eigenvalue weighted by molar-refractivity contribution is 7.99. The van der Waals surface area contributed by atoms with Gasteiger partial charge in [-0.2, -0.15) is 0 Å². The van der Waals surface area contributed by atoms with Gasteiger partial charge in [-0.15, -0.1) is 5.10 Å². The Morgan fingerprint density at radius 2 is 2.12 bits per heavy atom. The van der Waals surface area contributed by atoms with Gasteiger partial charge in [0.2, 0.25) is 5.16 Å². The summed E-state index contributed by atoms with van der Waals surface area (Å²) in [5.41, 5.74) is 0. The predicted octanol–water partition coefficient (Wildman–Crippen LogP) is 2.08. The molecular weight excluding hydrogens is 220 g/mol. The first-order chi connectivity index (χ1) is 7.84. The van der Waals surface area contributed by atoms with Gasteiger partial charge in [-0.05, 0) is 45.8 Å². The number of likely N-dealkylation sites (tertiary alicyclic amines) is 1. The van der Waals surface area contributed by atoms with Crippen molar-refractivity contribution in [1.29, 1.82) is 0 Å². The zero-order valence-corrected chi connectivity index (χ0v) is 10.7. The van der Waals surface area contributed by atoms with Crippen LogP contribution in [0.25, 0.3) is 0 Å².